The summed E-state index contributed by atoms with van der Waals surface area (Å²) in [6.45, 7) is 1.50. The van der Waals surface area contributed by atoms with E-state index in [0.717, 1.165) is 15.6 Å². The van der Waals surface area contributed by atoms with E-state index in [1.54, 1.807) is 18.2 Å². The first-order valence-corrected chi connectivity index (χ1v) is 8.00. The summed E-state index contributed by atoms with van der Waals surface area (Å²) < 4.78 is 5.98. The Hall–Kier alpha value is -2.67. The number of halogens is 1. The summed E-state index contributed by atoms with van der Waals surface area (Å²) in [4.78, 5) is 24.1. The molecule has 0 saturated heterocycles. The second-order valence-electron chi connectivity index (χ2n) is 5.20. The average molecular weight is 388 g/mol. The first-order chi connectivity index (χ1) is 11.5. The molecule has 3 aromatic rings. The molecular formula is C17H14BrN3O3. The number of carbonyl (C=O) groups excluding carboxylic acids is 2. The summed E-state index contributed by atoms with van der Waals surface area (Å²) in [6.07, 6.45) is 0. The van der Waals surface area contributed by atoms with Gasteiger partial charge in [-0.15, -0.1) is 0 Å². The van der Waals surface area contributed by atoms with E-state index in [0.29, 0.717) is 11.1 Å². The summed E-state index contributed by atoms with van der Waals surface area (Å²) in [5.41, 5.74) is 2.48. The normalized spacial score (nSPS) is 10.6. The Morgan fingerprint density at radius 3 is 2.83 bits per heavy atom. The lowest BCUT2D eigenvalue weighted by Gasteiger charge is -2.09. The number of carbonyl (C=O) groups is 2. The van der Waals surface area contributed by atoms with Gasteiger partial charge >= 0.3 is 5.97 Å². The molecule has 122 valence electrons. The van der Waals surface area contributed by atoms with Gasteiger partial charge in [-0.05, 0) is 36.8 Å². The number of nitrogens with one attached hydrogen (secondary N) is 2. The number of hydrogen-bond donors (Lipinski definition) is 2. The number of hydrogen-bond acceptors (Lipinski definition) is 4. The minimum Gasteiger partial charge on any atom is -0.451 e. The van der Waals surface area contributed by atoms with Crippen molar-refractivity contribution in [1.82, 2.24) is 10.2 Å². The Kier molecular flexibility index (Phi) is 4.61. The van der Waals surface area contributed by atoms with Crippen LogP contribution in [0.1, 0.15) is 16.1 Å². The van der Waals surface area contributed by atoms with Crippen molar-refractivity contribution in [3.63, 3.8) is 0 Å². The maximum Gasteiger partial charge on any atom is 0.359 e. The molecule has 0 aliphatic carbocycles. The van der Waals surface area contributed by atoms with Gasteiger partial charge in [-0.3, -0.25) is 9.89 Å². The predicted octanol–water partition coefficient (Wildman–Crippen LogP) is 3.43. The monoisotopic (exact) mass is 387 g/mol. The number of fused-ring (bicyclic) bond motifs is 1. The van der Waals surface area contributed by atoms with E-state index >= 15 is 0 Å². The van der Waals surface area contributed by atoms with Gasteiger partial charge in [0.15, 0.2) is 12.3 Å². The van der Waals surface area contributed by atoms with Crippen LogP contribution in [0, 0.1) is 6.92 Å². The van der Waals surface area contributed by atoms with Crippen molar-refractivity contribution in [3.8, 4) is 0 Å². The molecule has 1 heterocycles. The lowest BCUT2D eigenvalue weighted by molar-refractivity contribution is -0.119. The number of ether oxygens (including phenoxy) is 1. The fourth-order valence-electron chi connectivity index (χ4n) is 2.27. The third-order valence-electron chi connectivity index (χ3n) is 3.46. The van der Waals surface area contributed by atoms with Crippen molar-refractivity contribution in [2.75, 3.05) is 11.9 Å². The lowest BCUT2D eigenvalue weighted by atomic mass is 10.2. The number of para-hydroxylation sites is 1. The maximum absolute atomic E-state index is 12.1. The average Bonchev–Trinajstić information content (AvgIpc) is 2.99. The minimum absolute atomic E-state index is 0.165. The Labute approximate surface area is 146 Å². The molecule has 6 nitrogen and oxygen atoms in total. The molecule has 0 radical (unpaired) electrons. The molecule has 0 bridgehead atoms. The van der Waals surface area contributed by atoms with Gasteiger partial charge in [0, 0.05) is 15.5 Å². The van der Waals surface area contributed by atoms with Gasteiger partial charge in [0.05, 0.1) is 5.52 Å². The van der Waals surface area contributed by atoms with Gasteiger partial charge in [0.1, 0.15) is 0 Å². The van der Waals surface area contributed by atoms with Gasteiger partial charge in [-0.1, -0.05) is 34.1 Å². The van der Waals surface area contributed by atoms with E-state index < -0.39 is 11.9 Å². The van der Waals surface area contributed by atoms with Crippen molar-refractivity contribution >= 4 is 44.4 Å². The Morgan fingerprint density at radius 1 is 1.25 bits per heavy atom. The van der Waals surface area contributed by atoms with Crippen LogP contribution in [0.3, 0.4) is 0 Å². The number of rotatable bonds is 4. The number of benzene rings is 2. The highest BCUT2D eigenvalue weighted by molar-refractivity contribution is 9.10. The van der Waals surface area contributed by atoms with Crippen molar-refractivity contribution in [1.29, 1.82) is 0 Å². The number of aromatic amines is 1. The van der Waals surface area contributed by atoms with Crippen molar-refractivity contribution < 1.29 is 14.3 Å². The molecule has 3 rings (SSSR count). The molecule has 0 aliphatic heterocycles. The zero-order chi connectivity index (χ0) is 17.1. The number of amides is 1. The van der Waals surface area contributed by atoms with Crippen LogP contribution in [0.25, 0.3) is 10.9 Å². The SMILES string of the molecule is Cc1cc(Br)ccc1NC(=O)COC(=O)c1n[nH]c2ccccc12. The van der Waals surface area contributed by atoms with Crippen LogP contribution < -0.4 is 5.32 Å². The molecule has 0 spiro atoms. The van der Waals surface area contributed by atoms with E-state index in [9.17, 15) is 9.59 Å². The fourth-order valence-corrected chi connectivity index (χ4v) is 2.75. The third kappa shape index (κ3) is 3.46. The number of aromatic nitrogens is 2. The van der Waals surface area contributed by atoms with Crippen LogP contribution in [-0.2, 0) is 9.53 Å². The minimum atomic E-state index is -0.643. The van der Waals surface area contributed by atoms with E-state index in [4.69, 9.17) is 4.74 Å². The standard InChI is InChI=1S/C17H14BrN3O3/c1-10-8-11(18)6-7-13(10)19-15(22)9-24-17(23)16-12-4-2-3-5-14(12)20-21-16/h2-8H,9H2,1H3,(H,19,22)(H,20,21). The second kappa shape index (κ2) is 6.84. The zero-order valence-corrected chi connectivity index (χ0v) is 14.4. The van der Waals surface area contributed by atoms with Crippen molar-refractivity contribution in [2.45, 2.75) is 6.92 Å². The fraction of sp³-hybridized carbons (Fsp3) is 0.118. The second-order valence-corrected chi connectivity index (χ2v) is 6.12. The third-order valence-corrected chi connectivity index (χ3v) is 3.95. The number of anilines is 1. The predicted molar refractivity (Wildman–Crippen MR) is 93.9 cm³/mol. The molecule has 0 saturated carbocycles. The van der Waals surface area contributed by atoms with Crippen LogP contribution in [0.4, 0.5) is 5.69 Å². The zero-order valence-electron chi connectivity index (χ0n) is 12.8. The molecule has 1 aromatic heterocycles. The molecule has 0 atom stereocenters. The number of esters is 1. The summed E-state index contributed by atoms with van der Waals surface area (Å²) in [5.74, 6) is -1.05. The highest BCUT2D eigenvalue weighted by Gasteiger charge is 2.16. The molecule has 0 aliphatic rings. The van der Waals surface area contributed by atoms with Crippen molar-refractivity contribution in [3.05, 3.63) is 58.2 Å². The Morgan fingerprint density at radius 2 is 2.04 bits per heavy atom. The molecule has 2 aromatic carbocycles. The van der Waals surface area contributed by atoms with E-state index in [1.807, 2.05) is 31.2 Å². The summed E-state index contributed by atoms with van der Waals surface area (Å²) >= 11 is 3.36. The number of nitrogens with zero attached hydrogens (tertiary/aromatic N) is 1. The van der Waals surface area contributed by atoms with Crippen LogP contribution in [0.2, 0.25) is 0 Å². The van der Waals surface area contributed by atoms with Gasteiger partial charge in [0.25, 0.3) is 5.91 Å². The highest BCUT2D eigenvalue weighted by Crippen LogP contribution is 2.20. The first-order valence-electron chi connectivity index (χ1n) is 7.21. The van der Waals surface area contributed by atoms with Crippen LogP contribution in [0.5, 0.6) is 0 Å². The van der Waals surface area contributed by atoms with Crippen LogP contribution in [-0.4, -0.2) is 28.7 Å². The van der Waals surface area contributed by atoms with Gasteiger partial charge in [-0.25, -0.2) is 4.79 Å². The topological polar surface area (TPSA) is 84.1 Å². The molecule has 24 heavy (non-hydrogen) atoms. The molecule has 2 N–H and O–H groups in total. The molecule has 0 fully saturated rings. The molecular weight excluding hydrogens is 374 g/mol. The van der Waals surface area contributed by atoms with E-state index in [2.05, 4.69) is 31.4 Å². The van der Waals surface area contributed by atoms with E-state index in [-0.39, 0.29) is 12.3 Å². The van der Waals surface area contributed by atoms with Gasteiger partial charge in [0.2, 0.25) is 0 Å². The molecule has 1 amide bonds. The maximum atomic E-state index is 12.1. The summed E-state index contributed by atoms with van der Waals surface area (Å²) in [5, 5.41) is 10.1. The summed E-state index contributed by atoms with van der Waals surface area (Å²) in [7, 11) is 0. The van der Waals surface area contributed by atoms with Crippen molar-refractivity contribution in [2.24, 2.45) is 0 Å². The highest BCUT2D eigenvalue weighted by atomic mass is 79.9. The van der Waals surface area contributed by atoms with Crippen LogP contribution >= 0.6 is 15.9 Å². The lowest BCUT2D eigenvalue weighted by Crippen LogP contribution is -2.21. The van der Waals surface area contributed by atoms with Gasteiger partial charge < -0.3 is 10.1 Å². The molecule has 0 unspecified atom stereocenters. The van der Waals surface area contributed by atoms with Crippen LogP contribution in [0.15, 0.2) is 46.9 Å². The number of aryl methyl sites for hydroxylation is 1. The molecule has 7 heteroatoms. The Bertz CT molecular complexity index is 920. The smallest absolute Gasteiger partial charge is 0.359 e. The number of H-pyrrole nitrogens is 1. The van der Waals surface area contributed by atoms with E-state index in [1.165, 1.54) is 0 Å². The summed E-state index contributed by atoms with van der Waals surface area (Å²) in [6, 6.07) is 12.7. The largest absolute Gasteiger partial charge is 0.451 e. The quantitative estimate of drug-likeness (QED) is 0.671. The first kappa shape index (κ1) is 16.2. The Balaban J connectivity index is 1.62. The van der Waals surface area contributed by atoms with Gasteiger partial charge in [-0.2, -0.15) is 5.10 Å².